The number of aryl methyl sites for hydroxylation is 1. The molecule has 0 spiro atoms. The molecule has 25 heavy (non-hydrogen) atoms. The van der Waals surface area contributed by atoms with Gasteiger partial charge < -0.3 is 20.9 Å². The fourth-order valence-electron chi connectivity index (χ4n) is 2.69. The average molecular weight is 337 g/mol. The zero-order valence-electron chi connectivity index (χ0n) is 13.8. The molecule has 128 valence electrons. The van der Waals surface area contributed by atoms with E-state index >= 15 is 0 Å². The number of rotatable bonds is 5. The maximum Gasteiger partial charge on any atom is 0.258 e. The Morgan fingerprint density at radius 2 is 1.88 bits per heavy atom. The molecule has 0 atom stereocenters. The zero-order valence-corrected chi connectivity index (χ0v) is 13.8. The van der Waals surface area contributed by atoms with Crippen molar-refractivity contribution in [2.75, 3.05) is 17.7 Å². The van der Waals surface area contributed by atoms with Gasteiger partial charge in [0.15, 0.2) is 0 Å². The van der Waals surface area contributed by atoms with Crippen LogP contribution in [-0.2, 0) is 11.3 Å². The monoisotopic (exact) mass is 337 g/mol. The summed E-state index contributed by atoms with van der Waals surface area (Å²) in [5.74, 6) is -0.197. The SMILES string of the molecule is CN(C(=O)c1ccccc1)c1ccc2c(c1)nc(N)n2CCC(N)=O. The Kier molecular flexibility index (Phi) is 4.38. The Morgan fingerprint density at radius 3 is 2.56 bits per heavy atom. The number of carbonyl (C=O) groups excluding carboxylic acids is 2. The Labute approximate surface area is 144 Å². The highest BCUT2D eigenvalue weighted by molar-refractivity contribution is 6.06. The minimum absolute atomic E-state index is 0.110. The van der Waals surface area contributed by atoms with Crippen LogP contribution in [0.25, 0.3) is 11.0 Å². The van der Waals surface area contributed by atoms with Crippen LogP contribution in [0.15, 0.2) is 48.5 Å². The minimum atomic E-state index is -0.397. The van der Waals surface area contributed by atoms with Crippen molar-refractivity contribution in [3.63, 3.8) is 0 Å². The van der Waals surface area contributed by atoms with Crippen LogP contribution in [-0.4, -0.2) is 28.4 Å². The molecule has 0 bridgehead atoms. The number of fused-ring (bicyclic) bond motifs is 1. The number of benzene rings is 2. The van der Waals surface area contributed by atoms with Crippen molar-refractivity contribution < 1.29 is 9.59 Å². The number of primary amides is 1. The van der Waals surface area contributed by atoms with Crippen molar-refractivity contribution in [2.24, 2.45) is 5.73 Å². The number of nitrogens with zero attached hydrogens (tertiary/aromatic N) is 3. The first kappa shape index (κ1) is 16.5. The van der Waals surface area contributed by atoms with Crippen molar-refractivity contribution in [1.29, 1.82) is 0 Å². The minimum Gasteiger partial charge on any atom is -0.370 e. The van der Waals surface area contributed by atoms with Crippen LogP contribution in [0.2, 0.25) is 0 Å². The molecule has 7 nitrogen and oxygen atoms in total. The van der Waals surface area contributed by atoms with E-state index in [1.807, 2.05) is 30.3 Å². The maximum atomic E-state index is 12.6. The molecule has 4 N–H and O–H groups in total. The predicted octanol–water partition coefficient (Wildman–Crippen LogP) is 1.77. The van der Waals surface area contributed by atoms with Crippen LogP contribution < -0.4 is 16.4 Å². The van der Waals surface area contributed by atoms with Gasteiger partial charge in [-0.1, -0.05) is 18.2 Å². The lowest BCUT2D eigenvalue weighted by atomic mass is 10.2. The topological polar surface area (TPSA) is 107 Å². The first-order valence-corrected chi connectivity index (χ1v) is 7.84. The third-order valence-corrected chi connectivity index (χ3v) is 4.06. The molecule has 3 aromatic rings. The van der Waals surface area contributed by atoms with Crippen molar-refractivity contribution >= 4 is 34.5 Å². The van der Waals surface area contributed by atoms with Gasteiger partial charge in [0.2, 0.25) is 11.9 Å². The van der Waals surface area contributed by atoms with E-state index in [1.165, 1.54) is 0 Å². The highest BCUT2D eigenvalue weighted by atomic mass is 16.2. The predicted molar refractivity (Wildman–Crippen MR) is 97.1 cm³/mol. The van der Waals surface area contributed by atoms with Gasteiger partial charge in [-0.3, -0.25) is 9.59 Å². The highest BCUT2D eigenvalue weighted by Crippen LogP contribution is 2.24. The third kappa shape index (κ3) is 3.30. The van der Waals surface area contributed by atoms with Crippen LogP contribution in [0.1, 0.15) is 16.8 Å². The first-order chi connectivity index (χ1) is 12.0. The van der Waals surface area contributed by atoms with Crippen LogP contribution in [0.5, 0.6) is 0 Å². The number of nitrogen functional groups attached to an aromatic ring is 1. The van der Waals surface area contributed by atoms with Gasteiger partial charge in [-0.25, -0.2) is 4.98 Å². The summed E-state index contributed by atoms with van der Waals surface area (Å²) < 4.78 is 1.74. The molecule has 2 amide bonds. The van der Waals surface area contributed by atoms with Gasteiger partial charge in [0, 0.05) is 31.3 Å². The van der Waals surface area contributed by atoms with E-state index in [2.05, 4.69) is 4.98 Å². The average Bonchev–Trinajstić information content (AvgIpc) is 2.93. The summed E-state index contributed by atoms with van der Waals surface area (Å²) in [6, 6.07) is 14.5. The van der Waals surface area contributed by atoms with E-state index < -0.39 is 5.91 Å². The van der Waals surface area contributed by atoms with Crippen LogP contribution >= 0.6 is 0 Å². The number of carbonyl (C=O) groups is 2. The van der Waals surface area contributed by atoms with Crippen LogP contribution in [0.4, 0.5) is 11.6 Å². The van der Waals surface area contributed by atoms with Crippen LogP contribution in [0, 0.1) is 0 Å². The van der Waals surface area contributed by atoms with E-state index in [0.717, 1.165) is 5.52 Å². The molecule has 1 aromatic heterocycles. The standard InChI is InChI=1S/C18H19N5O2/c1-22(17(25)12-5-3-2-4-6-12)13-7-8-15-14(11-13)21-18(20)23(15)10-9-16(19)24/h2-8,11H,9-10H2,1H3,(H2,19,24)(H2,20,21). The van der Waals surface area contributed by atoms with E-state index in [0.29, 0.717) is 29.3 Å². The smallest absolute Gasteiger partial charge is 0.258 e. The fourth-order valence-corrected chi connectivity index (χ4v) is 2.69. The van der Waals surface area contributed by atoms with Crippen molar-refractivity contribution in [2.45, 2.75) is 13.0 Å². The molecule has 0 aliphatic heterocycles. The summed E-state index contributed by atoms with van der Waals surface area (Å²) in [5, 5.41) is 0. The molecule has 0 aliphatic rings. The molecule has 3 rings (SSSR count). The highest BCUT2D eigenvalue weighted by Gasteiger charge is 2.15. The number of imidazole rings is 1. The van der Waals surface area contributed by atoms with Gasteiger partial charge in [0.05, 0.1) is 11.0 Å². The third-order valence-electron chi connectivity index (χ3n) is 4.06. The number of amides is 2. The van der Waals surface area contributed by atoms with Gasteiger partial charge in [0.1, 0.15) is 0 Å². The molecule has 0 radical (unpaired) electrons. The quantitative estimate of drug-likeness (QED) is 0.739. The largest absolute Gasteiger partial charge is 0.370 e. The zero-order chi connectivity index (χ0) is 18.0. The van der Waals surface area contributed by atoms with E-state index in [4.69, 9.17) is 11.5 Å². The second kappa shape index (κ2) is 6.64. The number of anilines is 2. The van der Waals surface area contributed by atoms with Gasteiger partial charge >= 0.3 is 0 Å². The number of hydrogen-bond acceptors (Lipinski definition) is 4. The maximum absolute atomic E-state index is 12.6. The molecule has 2 aromatic carbocycles. The summed E-state index contributed by atoms with van der Waals surface area (Å²) in [4.78, 5) is 29.4. The molecule has 0 fully saturated rings. The molecular weight excluding hydrogens is 318 g/mol. The number of nitrogens with two attached hydrogens (primary N) is 2. The summed E-state index contributed by atoms with van der Waals surface area (Å²) in [6.07, 6.45) is 0.184. The van der Waals surface area contributed by atoms with Crippen molar-refractivity contribution in [1.82, 2.24) is 9.55 Å². The van der Waals surface area contributed by atoms with E-state index in [9.17, 15) is 9.59 Å². The molecular formula is C18H19N5O2. The lowest BCUT2D eigenvalue weighted by Crippen LogP contribution is -2.26. The molecule has 1 heterocycles. The Hall–Kier alpha value is -3.35. The molecule has 0 saturated carbocycles. The fraction of sp³-hybridized carbons (Fsp3) is 0.167. The molecule has 0 aliphatic carbocycles. The van der Waals surface area contributed by atoms with Gasteiger partial charge in [0.25, 0.3) is 5.91 Å². The lowest BCUT2D eigenvalue weighted by Gasteiger charge is -2.17. The van der Waals surface area contributed by atoms with Gasteiger partial charge in [-0.2, -0.15) is 0 Å². The normalized spacial score (nSPS) is 10.8. The van der Waals surface area contributed by atoms with E-state index in [1.54, 1.807) is 34.7 Å². The van der Waals surface area contributed by atoms with Gasteiger partial charge in [-0.15, -0.1) is 0 Å². The Morgan fingerprint density at radius 1 is 1.16 bits per heavy atom. The molecule has 0 unspecified atom stereocenters. The summed E-state index contributed by atoms with van der Waals surface area (Å²) in [6.45, 7) is 0.371. The van der Waals surface area contributed by atoms with Crippen LogP contribution in [0.3, 0.4) is 0 Å². The van der Waals surface area contributed by atoms with Crippen molar-refractivity contribution in [3.8, 4) is 0 Å². The second-order valence-electron chi connectivity index (χ2n) is 5.74. The molecule has 0 saturated heterocycles. The summed E-state index contributed by atoms with van der Waals surface area (Å²) in [7, 11) is 1.71. The second-order valence-corrected chi connectivity index (χ2v) is 5.74. The molecule has 7 heteroatoms. The van der Waals surface area contributed by atoms with Gasteiger partial charge in [-0.05, 0) is 30.3 Å². The summed E-state index contributed by atoms with van der Waals surface area (Å²) in [5.41, 5.74) is 13.9. The van der Waals surface area contributed by atoms with Crippen molar-refractivity contribution in [3.05, 3.63) is 54.1 Å². The first-order valence-electron chi connectivity index (χ1n) is 7.84. The Bertz CT molecular complexity index is 933. The lowest BCUT2D eigenvalue weighted by molar-refractivity contribution is -0.118. The number of aromatic nitrogens is 2. The van der Waals surface area contributed by atoms with E-state index in [-0.39, 0.29) is 12.3 Å². The summed E-state index contributed by atoms with van der Waals surface area (Å²) >= 11 is 0. The number of hydrogen-bond donors (Lipinski definition) is 2. The Balaban J connectivity index is 1.91.